The highest BCUT2D eigenvalue weighted by molar-refractivity contribution is 5.49. The van der Waals surface area contributed by atoms with Gasteiger partial charge in [0.2, 0.25) is 0 Å². The molecule has 1 fully saturated rings. The Morgan fingerprint density at radius 1 is 0.957 bits per heavy atom. The van der Waals surface area contributed by atoms with E-state index in [1.54, 1.807) is 0 Å². The molecule has 2 aromatic rings. The molecule has 122 valence electrons. The highest BCUT2D eigenvalue weighted by Gasteiger charge is 2.13. The predicted octanol–water partition coefficient (Wildman–Crippen LogP) is 4.07. The summed E-state index contributed by atoms with van der Waals surface area (Å²) in [7, 11) is 0. The van der Waals surface area contributed by atoms with Crippen LogP contribution >= 0.6 is 0 Å². The number of benzene rings is 2. The largest absolute Gasteiger partial charge is 0.494 e. The summed E-state index contributed by atoms with van der Waals surface area (Å²) in [6.45, 7) is 8.57. The molecule has 1 unspecified atom stereocenters. The van der Waals surface area contributed by atoms with Gasteiger partial charge in [0, 0.05) is 24.7 Å². The summed E-state index contributed by atoms with van der Waals surface area (Å²) in [5, 5.41) is 0. The lowest BCUT2D eigenvalue weighted by atomic mass is 9.93. The van der Waals surface area contributed by atoms with Crippen LogP contribution in [0, 0.1) is 0 Å². The molecule has 1 atom stereocenters. The van der Waals surface area contributed by atoms with E-state index < -0.39 is 0 Å². The van der Waals surface area contributed by atoms with E-state index >= 15 is 0 Å². The first-order valence-corrected chi connectivity index (χ1v) is 8.43. The molecular formula is C20H25NO2. The van der Waals surface area contributed by atoms with Crippen molar-refractivity contribution in [3.05, 3.63) is 59.7 Å². The molecule has 0 saturated carbocycles. The average Bonchev–Trinajstić information content (AvgIpc) is 2.63. The zero-order valence-electron chi connectivity index (χ0n) is 14.0. The van der Waals surface area contributed by atoms with Crippen LogP contribution in [-0.2, 0) is 4.74 Å². The molecule has 3 rings (SSSR count). The minimum Gasteiger partial charge on any atom is -0.494 e. The van der Waals surface area contributed by atoms with Gasteiger partial charge in [0.05, 0.1) is 19.8 Å². The predicted molar refractivity (Wildman–Crippen MR) is 94.6 cm³/mol. The van der Waals surface area contributed by atoms with Crippen molar-refractivity contribution in [1.82, 2.24) is 0 Å². The first-order valence-electron chi connectivity index (χ1n) is 8.43. The fraction of sp³-hybridized carbons (Fsp3) is 0.400. The van der Waals surface area contributed by atoms with Crippen LogP contribution in [0.4, 0.5) is 5.69 Å². The van der Waals surface area contributed by atoms with Crippen LogP contribution < -0.4 is 9.64 Å². The number of nitrogens with zero attached hydrogens (tertiary/aromatic N) is 1. The summed E-state index contributed by atoms with van der Waals surface area (Å²) in [5.74, 6) is 1.32. The highest BCUT2D eigenvalue weighted by atomic mass is 16.5. The topological polar surface area (TPSA) is 21.7 Å². The maximum Gasteiger partial charge on any atom is 0.119 e. The molecule has 3 heteroatoms. The van der Waals surface area contributed by atoms with Crippen molar-refractivity contribution >= 4 is 5.69 Å². The van der Waals surface area contributed by atoms with Gasteiger partial charge in [0.25, 0.3) is 0 Å². The summed E-state index contributed by atoms with van der Waals surface area (Å²) in [6, 6.07) is 17.4. The van der Waals surface area contributed by atoms with Gasteiger partial charge in [-0.2, -0.15) is 0 Å². The molecule has 0 N–H and O–H groups in total. The van der Waals surface area contributed by atoms with E-state index in [1.807, 2.05) is 6.92 Å². The maximum atomic E-state index is 5.51. The molecule has 1 aliphatic heterocycles. The molecule has 0 bridgehead atoms. The van der Waals surface area contributed by atoms with E-state index in [0.29, 0.717) is 12.5 Å². The Morgan fingerprint density at radius 3 is 2.09 bits per heavy atom. The van der Waals surface area contributed by atoms with Crippen molar-refractivity contribution in [3.8, 4) is 5.75 Å². The Labute approximate surface area is 138 Å². The van der Waals surface area contributed by atoms with Crippen LogP contribution in [0.5, 0.6) is 5.75 Å². The third-order valence-electron chi connectivity index (χ3n) is 4.46. The van der Waals surface area contributed by atoms with Gasteiger partial charge in [-0.25, -0.2) is 0 Å². The molecule has 0 spiro atoms. The zero-order valence-corrected chi connectivity index (χ0v) is 14.0. The minimum atomic E-state index is 0.379. The number of morpholine rings is 1. The van der Waals surface area contributed by atoms with Crippen molar-refractivity contribution in [3.63, 3.8) is 0 Å². The summed E-state index contributed by atoms with van der Waals surface area (Å²) >= 11 is 0. The first kappa shape index (κ1) is 15.9. The van der Waals surface area contributed by atoms with E-state index in [2.05, 4.69) is 60.4 Å². The van der Waals surface area contributed by atoms with Gasteiger partial charge in [0.1, 0.15) is 5.75 Å². The van der Waals surface area contributed by atoms with Crippen molar-refractivity contribution in [1.29, 1.82) is 0 Å². The summed E-state index contributed by atoms with van der Waals surface area (Å²) in [5.41, 5.74) is 3.94. The average molecular weight is 311 g/mol. The fourth-order valence-electron chi connectivity index (χ4n) is 3.01. The second-order valence-corrected chi connectivity index (χ2v) is 5.91. The van der Waals surface area contributed by atoms with E-state index in [1.165, 1.54) is 16.8 Å². The molecule has 3 nitrogen and oxygen atoms in total. The SMILES string of the molecule is CCOc1ccc(C(C)c2ccc(N3CCOCC3)cc2)cc1. The van der Waals surface area contributed by atoms with Crippen LogP contribution in [-0.4, -0.2) is 32.9 Å². The van der Waals surface area contributed by atoms with Gasteiger partial charge in [0.15, 0.2) is 0 Å². The zero-order chi connectivity index (χ0) is 16.1. The van der Waals surface area contributed by atoms with Gasteiger partial charge in [-0.15, -0.1) is 0 Å². The lowest BCUT2D eigenvalue weighted by Crippen LogP contribution is -2.36. The second kappa shape index (κ2) is 7.51. The van der Waals surface area contributed by atoms with Gasteiger partial charge in [-0.1, -0.05) is 31.2 Å². The molecule has 0 aliphatic carbocycles. The van der Waals surface area contributed by atoms with Crippen LogP contribution in [0.1, 0.15) is 30.9 Å². The third kappa shape index (κ3) is 3.85. The summed E-state index contributed by atoms with van der Waals surface area (Å²) in [6.07, 6.45) is 0. The van der Waals surface area contributed by atoms with Crippen molar-refractivity contribution in [2.24, 2.45) is 0 Å². The molecule has 0 aromatic heterocycles. The molecule has 1 heterocycles. The molecule has 0 amide bonds. The summed E-state index contributed by atoms with van der Waals surface area (Å²) in [4.78, 5) is 2.38. The number of hydrogen-bond donors (Lipinski definition) is 0. The number of anilines is 1. The standard InChI is InChI=1S/C20H25NO2/c1-3-23-20-10-6-18(7-11-20)16(2)17-4-8-19(9-5-17)21-12-14-22-15-13-21/h4-11,16H,3,12-15H2,1-2H3. The third-order valence-corrected chi connectivity index (χ3v) is 4.46. The highest BCUT2D eigenvalue weighted by Crippen LogP contribution is 2.27. The van der Waals surface area contributed by atoms with Gasteiger partial charge < -0.3 is 14.4 Å². The Balaban J connectivity index is 1.70. The number of rotatable bonds is 5. The molecular weight excluding hydrogens is 286 g/mol. The van der Waals surface area contributed by atoms with E-state index in [-0.39, 0.29) is 0 Å². The quantitative estimate of drug-likeness (QED) is 0.830. The van der Waals surface area contributed by atoms with E-state index in [0.717, 1.165) is 32.1 Å². The Kier molecular flexibility index (Phi) is 5.19. The Hall–Kier alpha value is -2.00. The van der Waals surface area contributed by atoms with Crippen molar-refractivity contribution < 1.29 is 9.47 Å². The lowest BCUT2D eigenvalue weighted by Gasteiger charge is -2.29. The van der Waals surface area contributed by atoms with E-state index in [9.17, 15) is 0 Å². The van der Waals surface area contributed by atoms with Crippen molar-refractivity contribution in [2.45, 2.75) is 19.8 Å². The van der Waals surface area contributed by atoms with Crippen LogP contribution in [0.25, 0.3) is 0 Å². The normalized spacial score (nSPS) is 16.2. The Morgan fingerprint density at radius 2 is 1.52 bits per heavy atom. The smallest absolute Gasteiger partial charge is 0.119 e. The van der Waals surface area contributed by atoms with Crippen LogP contribution in [0.2, 0.25) is 0 Å². The first-order chi connectivity index (χ1) is 11.3. The molecule has 1 saturated heterocycles. The van der Waals surface area contributed by atoms with Gasteiger partial charge in [-0.05, 0) is 42.3 Å². The Bertz CT molecular complexity index is 601. The molecule has 1 aliphatic rings. The lowest BCUT2D eigenvalue weighted by molar-refractivity contribution is 0.122. The molecule has 2 aromatic carbocycles. The van der Waals surface area contributed by atoms with Gasteiger partial charge in [-0.3, -0.25) is 0 Å². The second-order valence-electron chi connectivity index (χ2n) is 5.91. The number of ether oxygens (including phenoxy) is 2. The molecule has 23 heavy (non-hydrogen) atoms. The van der Waals surface area contributed by atoms with Crippen molar-refractivity contribution in [2.75, 3.05) is 37.8 Å². The maximum absolute atomic E-state index is 5.51. The van der Waals surface area contributed by atoms with Crippen LogP contribution in [0.15, 0.2) is 48.5 Å². The monoisotopic (exact) mass is 311 g/mol. The van der Waals surface area contributed by atoms with Crippen LogP contribution in [0.3, 0.4) is 0 Å². The molecule has 0 radical (unpaired) electrons. The van der Waals surface area contributed by atoms with Gasteiger partial charge >= 0.3 is 0 Å². The van der Waals surface area contributed by atoms with E-state index in [4.69, 9.17) is 9.47 Å². The summed E-state index contributed by atoms with van der Waals surface area (Å²) < 4.78 is 10.9. The number of hydrogen-bond acceptors (Lipinski definition) is 3. The fourth-order valence-corrected chi connectivity index (χ4v) is 3.01. The minimum absolute atomic E-state index is 0.379.